The van der Waals surface area contributed by atoms with Gasteiger partial charge in [-0.3, -0.25) is 4.57 Å². The molecule has 1 saturated heterocycles. The average Bonchev–Trinajstić information content (AvgIpc) is 3.04. The van der Waals surface area contributed by atoms with Crippen molar-refractivity contribution in [2.24, 2.45) is 0 Å². The third-order valence-electron chi connectivity index (χ3n) is 3.38. The number of hydrogen-bond donors (Lipinski definition) is 3. The number of aliphatic hydroxyl groups excluding tert-OH is 1. The molecule has 108 valence electrons. The van der Waals surface area contributed by atoms with E-state index in [1.807, 2.05) is 11.5 Å². The summed E-state index contributed by atoms with van der Waals surface area (Å²) in [5.41, 5.74) is 7.08. The zero-order valence-corrected chi connectivity index (χ0v) is 11.3. The topological polar surface area (TPSA) is 111 Å². The van der Waals surface area contributed by atoms with Gasteiger partial charge < -0.3 is 20.9 Å². The molecule has 0 unspecified atom stereocenters. The number of anilines is 2. The Balaban J connectivity index is 2.00. The molecule has 0 aromatic carbocycles. The van der Waals surface area contributed by atoms with Crippen molar-refractivity contribution < 1.29 is 9.84 Å². The van der Waals surface area contributed by atoms with Gasteiger partial charge in [-0.15, -0.1) is 0 Å². The van der Waals surface area contributed by atoms with Gasteiger partial charge in [-0.05, 0) is 19.8 Å². The summed E-state index contributed by atoms with van der Waals surface area (Å²) < 4.78 is 7.61. The monoisotopic (exact) mass is 278 g/mol. The second-order valence-electron chi connectivity index (χ2n) is 4.76. The second kappa shape index (κ2) is 5.22. The summed E-state index contributed by atoms with van der Waals surface area (Å²) in [4.78, 5) is 12.8. The Kier molecular flexibility index (Phi) is 3.41. The van der Waals surface area contributed by atoms with Gasteiger partial charge in [0.2, 0.25) is 5.95 Å². The summed E-state index contributed by atoms with van der Waals surface area (Å²) in [5.74, 6) is 0.831. The molecule has 0 bridgehead atoms. The van der Waals surface area contributed by atoms with Crippen LogP contribution in [0.1, 0.15) is 26.0 Å². The van der Waals surface area contributed by atoms with E-state index in [1.54, 1.807) is 6.33 Å². The number of rotatable bonds is 4. The number of aromatic nitrogens is 4. The van der Waals surface area contributed by atoms with E-state index in [-0.39, 0.29) is 24.9 Å². The van der Waals surface area contributed by atoms with Crippen molar-refractivity contribution in [2.75, 3.05) is 24.2 Å². The molecule has 0 aliphatic carbocycles. The first-order chi connectivity index (χ1) is 9.72. The van der Waals surface area contributed by atoms with Crippen molar-refractivity contribution in [1.29, 1.82) is 0 Å². The molecule has 0 saturated carbocycles. The predicted octanol–water partition coefficient (Wildman–Crippen LogP) is 0.510. The van der Waals surface area contributed by atoms with E-state index in [9.17, 15) is 0 Å². The van der Waals surface area contributed by atoms with Gasteiger partial charge in [-0.1, -0.05) is 0 Å². The molecule has 8 nitrogen and oxygen atoms in total. The molecule has 0 radical (unpaired) electrons. The quantitative estimate of drug-likeness (QED) is 0.747. The van der Waals surface area contributed by atoms with E-state index >= 15 is 0 Å². The molecule has 2 atom stereocenters. The minimum Gasteiger partial charge on any atom is -0.394 e. The highest BCUT2D eigenvalue weighted by molar-refractivity contribution is 5.84. The van der Waals surface area contributed by atoms with Crippen LogP contribution in [0.4, 0.5) is 11.8 Å². The fraction of sp³-hybridized carbons (Fsp3) is 0.583. The van der Waals surface area contributed by atoms with Crippen molar-refractivity contribution in [3.8, 4) is 0 Å². The van der Waals surface area contributed by atoms with E-state index in [4.69, 9.17) is 15.6 Å². The third kappa shape index (κ3) is 2.16. The zero-order valence-electron chi connectivity index (χ0n) is 11.3. The summed E-state index contributed by atoms with van der Waals surface area (Å²) >= 11 is 0. The highest BCUT2D eigenvalue weighted by Crippen LogP contribution is 2.31. The van der Waals surface area contributed by atoms with Crippen LogP contribution < -0.4 is 11.1 Å². The van der Waals surface area contributed by atoms with E-state index in [2.05, 4.69) is 20.3 Å². The molecule has 3 rings (SSSR count). The number of nitrogens with zero attached hydrogens (tertiary/aromatic N) is 4. The molecule has 20 heavy (non-hydrogen) atoms. The molecule has 3 heterocycles. The number of imidazole rings is 1. The number of nitrogens with one attached hydrogen (secondary N) is 1. The molecule has 8 heteroatoms. The first kappa shape index (κ1) is 13.1. The van der Waals surface area contributed by atoms with Crippen LogP contribution in [0.5, 0.6) is 0 Å². The maximum absolute atomic E-state index is 9.15. The lowest BCUT2D eigenvalue weighted by molar-refractivity contribution is -0.0207. The standard InChI is InChI=1S/C12H18N6O2/c1-2-14-10-9-11(17-12(13)16-10)18(6-15-9)8-4-3-7(5-19)20-8/h6-8,19H,2-5H2,1H3,(H3,13,14,16,17)/t7-,8+/m0/s1. The summed E-state index contributed by atoms with van der Waals surface area (Å²) in [5, 5.41) is 12.3. The van der Waals surface area contributed by atoms with Gasteiger partial charge in [0, 0.05) is 6.54 Å². The van der Waals surface area contributed by atoms with Gasteiger partial charge in [0.05, 0.1) is 19.0 Å². The van der Waals surface area contributed by atoms with E-state index in [1.165, 1.54) is 0 Å². The maximum atomic E-state index is 9.15. The molecule has 1 aliphatic rings. The van der Waals surface area contributed by atoms with E-state index in [0.29, 0.717) is 17.0 Å². The minimum absolute atomic E-state index is 0.0306. The van der Waals surface area contributed by atoms with Crippen LogP contribution >= 0.6 is 0 Å². The van der Waals surface area contributed by atoms with E-state index in [0.717, 1.165) is 19.4 Å². The largest absolute Gasteiger partial charge is 0.394 e. The first-order valence-electron chi connectivity index (χ1n) is 6.73. The van der Waals surface area contributed by atoms with Crippen LogP contribution in [0, 0.1) is 0 Å². The summed E-state index contributed by atoms with van der Waals surface area (Å²) in [7, 11) is 0. The summed E-state index contributed by atoms with van der Waals surface area (Å²) in [6.45, 7) is 2.74. The minimum atomic E-state index is -0.166. The fourth-order valence-electron chi connectivity index (χ4n) is 2.46. The van der Waals surface area contributed by atoms with Crippen LogP contribution in [-0.4, -0.2) is 43.9 Å². The fourth-order valence-corrected chi connectivity index (χ4v) is 2.46. The van der Waals surface area contributed by atoms with Gasteiger partial charge in [-0.2, -0.15) is 9.97 Å². The average molecular weight is 278 g/mol. The summed E-state index contributed by atoms with van der Waals surface area (Å²) in [6.07, 6.45) is 3.04. The highest BCUT2D eigenvalue weighted by Gasteiger charge is 2.28. The van der Waals surface area contributed by atoms with Crippen LogP contribution in [0.25, 0.3) is 11.2 Å². The molecule has 0 spiro atoms. The molecule has 2 aromatic heterocycles. The van der Waals surface area contributed by atoms with Gasteiger partial charge in [0.15, 0.2) is 17.0 Å². The number of nitrogen functional groups attached to an aromatic ring is 1. The van der Waals surface area contributed by atoms with Crippen molar-refractivity contribution in [3.05, 3.63) is 6.33 Å². The Morgan fingerprint density at radius 1 is 1.50 bits per heavy atom. The number of ether oxygens (including phenoxy) is 1. The summed E-state index contributed by atoms with van der Waals surface area (Å²) in [6, 6.07) is 0. The molecule has 0 amide bonds. The molecular weight excluding hydrogens is 260 g/mol. The van der Waals surface area contributed by atoms with Crippen LogP contribution in [-0.2, 0) is 4.74 Å². The number of nitrogens with two attached hydrogens (primary N) is 1. The lowest BCUT2D eigenvalue weighted by Crippen LogP contribution is -2.14. The second-order valence-corrected chi connectivity index (χ2v) is 4.76. The lowest BCUT2D eigenvalue weighted by atomic mass is 10.2. The van der Waals surface area contributed by atoms with Gasteiger partial charge >= 0.3 is 0 Å². The Morgan fingerprint density at radius 3 is 3.05 bits per heavy atom. The molecule has 4 N–H and O–H groups in total. The van der Waals surface area contributed by atoms with Gasteiger partial charge in [-0.25, -0.2) is 4.98 Å². The molecule has 2 aromatic rings. The van der Waals surface area contributed by atoms with Crippen LogP contribution in [0.3, 0.4) is 0 Å². The zero-order chi connectivity index (χ0) is 14.1. The molecular formula is C12H18N6O2. The normalized spacial score (nSPS) is 22.5. The van der Waals surface area contributed by atoms with Crippen molar-refractivity contribution in [2.45, 2.75) is 32.1 Å². The highest BCUT2D eigenvalue weighted by atomic mass is 16.5. The number of fused-ring (bicyclic) bond motifs is 1. The lowest BCUT2D eigenvalue weighted by Gasteiger charge is -2.14. The Hall–Kier alpha value is -1.93. The van der Waals surface area contributed by atoms with Gasteiger partial charge in [0.25, 0.3) is 0 Å². The van der Waals surface area contributed by atoms with Crippen molar-refractivity contribution in [1.82, 2.24) is 19.5 Å². The smallest absolute Gasteiger partial charge is 0.224 e. The first-order valence-corrected chi connectivity index (χ1v) is 6.73. The van der Waals surface area contributed by atoms with Crippen LogP contribution in [0.2, 0.25) is 0 Å². The Bertz CT molecular complexity index is 613. The van der Waals surface area contributed by atoms with Crippen LogP contribution in [0.15, 0.2) is 6.33 Å². The molecule has 1 fully saturated rings. The molecule has 1 aliphatic heterocycles. The Labute approximate surface area is 116 Å². The maximum Gasteiger partial charge on any atom is 0.224 e. The van der Waals surface area contributed by atoms with Crippen molar-refractivity contribution in [3.63, 3.8) is 0 Å². The predicted molar refractivity (Wildman–Crippen MR) is 74.1 cm³/mol. The van der Waals surface area contributed by atoms with E-state index < -0.39 is 0 Å². The Morgan fingerprint density at radius 2 is 2.35 bits per heavy atom. The number of hydrogen-bond acceptors (Lipinski definition) is 7. The van der Waals surface area contributed by atoms with Crippen molar-refractivity contribution >= 4 is 22.9 Å². The number of aliphatic hydroxyl groups is 1. The third-order valence-corrected chi connectivity index (χ3v) is 3.38. The SMILES string of the molecule is CCNc1nc(N)nc2c1ncn2[C@H]1CC[C@@H](CO)O1. The van der Waals surface area contributed by atoms with Gasteiger partial charge in [0.1, 0.15) is 6.23 Å².